The van der Waals surface area contributed by atoms with Gasteiger partial charge in [0.05, 0.1) is 5.52 Å². The standard InChI is InChI=1S/C26H17N/c1-16-15-20-5-2-3-7-22(20)25-21(16)13-12-17-8-9-18-10-11-19-6-4-14-27-26(19)24(18)23(17)25/h2-15H,1H3. The molecule has 0 radical (unpaired) electrons. The molecule has 0 aliphatic heterocycles. The van der Waals surface area contributed by atoms with E-state index >= 15 is 0 Å². The quantitative estimate of drug-likeness (QED) is 0.267. The Bertz CT molecular complexity index is 1520. The van der Waals surface area contributed by atoms with Crippen molar-refractivity contribution in [3.05, 3.63) is 90.6 Å². The second-order valence-electron chi connectivity index (χ2n) is 7.31. The smallest absolute Gasteiger partial charge is 0.0786 e. The SMILES string of the molecule is Cc1cc2ccccc2c2c1ccc1ccc3ccc4cccnc4c3c12. The summed E-state index contributed by atoms with van der Waals surface area (Å²) in [7, 11) is 0. The van der Waals surface area contributed by atoms with Crippen LogP contribution in [0.25, 0.3) is 54.0 Å². The molecule has 6 rings (SSSR count). The molecule has 27 heavy (non-hydrogen) atoms. The lowest BCUT2D eigenvalue weighted by atomic mass is 9.90. The third-order valence-electron chi connectivity index (χ3n) is 5.76. The van der Waals surface area contributed by atoms with Gasteiger partial charge >= 0.3 is 0 Å². The summed E-state index contributed by atoms with van der Waals surface area (Å²) in [6.45, 7) is 2.21. The largest absolute Gasteiger partial charge is 0.256 e. The predicted octanol–water partition coefficient (Wildman–Crippen LogP) is 7.16. The zero-order valence-electron chi connectivity index (χ0n) is 15.0. The van der Waals surface area contributed by atoms with Crippen LogP contribution in [-0.2, 0) is 0 Å². The first-order valence-electron chi connectivity index (χ1n) is 9.32. The van der Waals surface area contributed by atoms with Crippen LogP contribution in [0.5, 0.6) is 0 Å². The Morgan fingerprint density at radius 1 is 0.556 bits per heavy atom. The lowest BCUT2D eigenvalue weighted by Gasteiger charge is -2.14. The van der Waals surface area contributed by atoms with Gasteiger partial charge in [0.2, 0.25) is 0 Å². The molecule has 0 aliphatic carbocycles. The first-order valence-corrected chi connectivity index (χ1v) is 9.32. The lowest BCUT2D eigenvalue weighted by molar-refractivity contribution is 1.43. The number of aryl methyl sites for hydroxylation is 1. The van der Waals surface area contributed by atoms with Gasteiger partial charge in [0.15, 0.2) is 0 Å². The van der Waals surface area contributed by atoms with Crippen molar-refractivity contribution in [3.8, 4) is 0 Å². The monoisotopic (exact) mass is 343 g/mol. The van der Waals surface area contributed by atoms with E-state index in [1.165, 1.54) is 54.0 Å². The number of aromatic nitrogens is 1. The van der Waals surface area contributed by atoms with Gasteiger partial charge in [0.1, 0.15) is 0 Å². The summed E-state index contributed by atoms with van der Waals surface area (Å²) in [5, 5.41) is 11.5. The van der Waals surface area contributed by atoms with Crippen molar-refractivity contribution in [2.75, 3.05) is 0 Å². The van der Waals surface area contributed by atoms with E-state index in [4.69, 9.17) is 4.98 Å². The number of fused-ring (bicyclic) bond motifs is 9. The zero-order valence-corrected chi connectivity index (χ0v) is 15.0. The summed E-state index contributed by atoms with van der Waals surface area (Å²) in [5.74, 6) is 0. The molecule has 0 amide bonds. The van der Waals surface area contributed by atoms with Crippen LogP contribution in [0.4, 0.5) is 0 Å². The molecule has 0 spiro atoms. The molecule has 6 aromatic rings. The van der Waals surface area contributed by atoms with E-state index in [0.717, 1.165) is 5.52 Å². The Kier molecular flexibility index (Phi) is 2.87. The number of pyridine rings is 1. The molecule has 126 valence electrons. The molecule has 0 saturated carbocycles. The van der Waals surface area contributed by atoms with Crippen LogP contribution in [0.2, 0.25) is 0 Å². The van der Waals surface area contributed by atoms with Crippen LogP contribution in [0.3, 0.4) is 0 Å². The summed E-state index contributed by atoms with van der Waals surface area (Å²) in [6, 6.07) is 28.5. The lowest BCUT2D eigenvalue weighted by Crippen LogP contribution is -1.88. The molecule has 0 saturated heterocycles. The summed E-state index contributed by atoms with van der Waals surface area (Å²) >= 11 is 0. The topological polar surface area (TPSA) is 12.9 Å². The van der Waals surface area contributed by atoms with E-state index in [0.29, 0.717) is 0 Å². The number of hydrogen-bond acceptors (Lipinski definition) is 1. The van der Waals surface area contributed by atoms with Gasteiger partial charge in [-0.25, -0.2) is 0 Å². The molecule has 1 nitrogen and oxygen atoms in total. The van der Waals surface area contributed by atoms with Crippen LogP contribution in [0, 0.1) is 6.92 Å². The van der Waals surface area contributed by atoms with Gasteiger partial charge in [-0.15, -0.1) is 0 Å². The highest BCUT2D eigenvalue weighted by molar-refractivity contribution is 6.31. The molecule has 0 fully saturated rings. The van der Waals surface area contributed by atoms with Crippen molar-refractivity contribution in [1.29, 1.82) is 0 Å². The molecule has 0 aliphatic rings. The molecule has 0 N–H and O–H groups in total. The van der Waals surface area contributed by atoms with Gasteiger partial charge in [0.25, 0.3) is 0 Å². The highest BCUT2D eigenvalue weighted by Gasteiger charge is 2.13. The predicted molar refractivity (Wildman–Crippen MR) is 117 cm³/mol. The molecule has 0 bridgehead atoms. The molecule has 0 atom stereocenters. The van der Waals surface area contributed by atoms with Gasteiger partial charge in [-0.3, -0.25) is 4.98 Å². The van der Waals surface area contributed by atoms with Crippen molar-refractivity contribution < 1.29 is 0 Å². The molecule has 1 heterocycles. The van der Waals surface area contributed by atoms with Crippen LogP contribution < -0.4 is 0 Å². The van der Waals surface area contributed by atoms with E-state index in [2.05, 4.69) is 79.7 Å². The Hall–Kier alpha value is -3.45. The molecule has 1 aromatic heterocycles. The maximum atomic E-state index is 4.77. The summed E-state index contributed by atoms with van der Waals surface area (Å²) in [6.07, 6.45) is 1.90. The first kappa shape index (κ1) is 14.7. The second-order valence-corrected chi connectivity index (χ2v) is 7.31. The maximum Gasteiger partial charge on any atom is 0.0786 e. The van der Waals surface area contributed by atoms with Gasteiger partial charge in [-0.05, 0) is 50.9 Å². The fourth-order valence-corrected chi connectivity index (χ4v) is 4.54. The highest BCUT2D eigenvalue weighted by atomic mass is 14.6. The molecular formula is C26H17N. The minimum Gasteiger partial charge on any atom is -0.256 e. The first-order chi connectivity index (χ1) is 13.3. The second kappa shape index (κ2) is 5.28. The average Bonchev–Trinajstić information content (AvgIpc) is 2.72. The number of hydrogen-bond donors (Lipinski definition) is 0. The molecule has 5 aromatic carbocycles. The van der Waals surface area contributed by atoms with Crippen molar-refractivity contribution in [2.24, 2.45) is 0 Å². The summed E-state index contributed by atoms with van der Waals surface area (Å²) < 4.78 is 0. The Morgan fingerprint density at radius 3 is 2.15 bits per heavy atom. The number of nitrogens with zero attached hydrogens (tertiary/aromatic N) is 1. The van der Waals surface area contributed by atoms with Gasteiger partial charge in [0, 0.05) is 22.4 Å². The number of rotatable bonds is 0. The van der Waals surface area contributed by atoms with Crippen LogP contribution >= 0.6 is 0 Å². The third-order valence-corrected chi connectivity index (χ3v) is 5.76. The van der Waals surface area contributed by atoms with Crippen molar-refractivity contribution in [3.63, 3.8) is 0 Å². The Balaban J connectivity index is 2.04. The Labute approximate surface area is 156 Å². The fourth-order valence-electron chi connectivity index (χ4n) is 4.54. The molecular weight excluding hydrogens is 326 g/mol. The average molecular weight is 343 g/mol. The molecule has 1 heteroatoms. The van der Waals surface area contributed by atoms with Gasteiger partial charge in [-0.1, -0.05) is 72.8 Å². The van der Waals surface area contributed by atoms with Crippen molar-refractivity contribution in [2.45, 2.75) is 6.92 Å². The minimum atomic E-state index is 1.08. The zero-order chi connectivity index (χ0) is 18.0. The van der Waals surface area contributed by atoms with Crippen LogP contribution in [0.15, 0.2) is 85.1 Å². The van der Waals surface area contributed by atoms with Gasteiger partial charge in [-0.2, -0.15) is 0 Å². The van der Waals surface area contributed by atoms with Crippen molar-refractivity contribution in [1.82, 2.24) is 4.98 Å². The van der Waals surface area contributed by atoms with Crippen LogP contribution in [0.1, 0.15) is 5.56 Å². The van der Waals surface area contributed by atoms with Gasteiger partial charge < -0.3 is 0 Å². The van der Waals surface area contributed by atoms with E-state index < -0.39 is 0 Å². The van der Waals surface area contributed by atoms with E-state index in [9.17, 15) is 0 Å². The highest BCUT2D eigenvalue weighted by Crippen LogP contribution is 2.39. The fraction of sp³-hybridized carbons (Fsp3) is 0.0385. The maximum absolute atomic E-state index is 4.77. The van der Waals surface area contributed by atoms with Crippen LogP contribution in [-0.4, -0.2) is 4.98 Å². The van der Waals surface area contributed by atoms with E-state index in [-0.39, 0.29) is 0 Å². The minimum absolute atomic E-state index is 1.08. The molecule has 0 unspecified atom stereocenters. The van der Waals surface area contributed by atoms with Crippen molar-refractivity contribution >= 4 is 54.0 Å². The number of benzene rings is 5. The normalized spacial score (nSPS) is 11.9. The summed E-state index contributed by atoms with van der Waals surface area (Å²) in [5.41, 5.74) is 2.40. The van der Waals surface area contributed by atoms with E-state index in [1.807, 2.05) is 12.3 Å². The Morgan fingerprint density at radius 2 is 1.26 bits per heavy atom. The van der Waals surface area contributed by atoms with E-state index in [1.54, 1.807) is 0 Å². The summed E-state index contributed by atoms with van der Waals surface area (Å²) in [4.78, 5) is 4.77. The third kappa shape index (κ3) is 1.97.